The fraction of sp³-hybridized carbons (Fsp3) is 0.375. The number of aryl methyl sites for hydroxylation is 2. The van der Waals surface area contributed by atoms with Crippen LogP contribution < -0.4 is 15.1 Å². The number of benzene rings is 2. The molecule has 0 saturated carbocycles. The summed E-state index contributed by atoms with van der Waals surface area (Å²) in [6.07, 6.45) is 0. The maximum absolute atomic E-state index is 13.2. The van der Waals surface area contributed by atoms with E-state index < -0.39 is 10.0 Å². The van der Waals surface area contributed by atoms with Crippen molar-refractivity contribution in [1.29, 1.82) is 0 Å². The van der Waals surface area contributed by atoms with Gasteiger partial charge in [0.2, 0.25) is 10.0 Å². The molecule has 4 rings (SSSR count). The Hall–Kier alpha value is -2.88. The Morgan fingerprint density at radius 1 is 0.909 bits per heavy atom. The van der Waals surface area contributed by atoms with Crippen molar-refractivity contribution in [2.75, 3.05) is 40.4 Å². The molecule has 0 aliphatic carbocycles. The van der Waals surface area contributed by atoms with Crippen molar-refractivity contribution in [3.63, 3.8) is 0 Å². The molecule has 0 spiro atoms. The van der Waals surface area contributed by atoms with Crippen molar-refractivity contribution in [1.82, 2.24) is 9.21 Å². The van der Waals surface area contributed by atoms with Gasteiger partial charge in [-0.2, -0.15) is 4.31 Å². The number of hydrogen-bond donors (Lipinski definition) is 0. The zero-order valence-corrected chi connectivity index (χ0v) is 20.1. The number of methoxy groups -OCH3 is 2. The predicted octanol–water partition coefficient (Wildman–Crippen LogP) is 2.93. The van der Waals surface area contributed by atoms with Gasteiger partial charge in [0.05, 0.1) is 19.1 Å². The minimum atomic E-state index is -3.66. The van der Waals surface area contributed by atoms with Crippen molar-refractivity contribution in [2.45, 2.75) is 25.3 Å². The molecule has 0 unspecified atom stereocenters. The number of rotatable bonds is 6. The smallest absolute Gasteiger partial charge is 0.336 e. The van der Waals surface area contributed by atoms with Crippen LogP contribution in [0.4, 0.5) is 0 Å². The quantitative estimate of drug-likeness (QED) is 0.510. The largest absolute Gasteiger partial charge is 0.493 e. The summed E-state index contributed by atoms with van der Waals surface area (Å²) in [5.74, 6) is 0.851. The summed E-state index contributed by atoms with van der Waals surface area (Å²) in [4.78, 5) is 14.4. The first-order valence-corrected chi connectivity index (χ1v) is 12.2. The van der Waals surface area contributed by atoms with Crippen LogP contribution in [0.3, 0.4) is 0 Å². The summed E-state index contributed by atoms with van der Waals surface area (Å²) in [7, 11) is -0.678. The summed E-state index contributed by atoms with van der Waals surface area (Å²) in [5, 5.41) is 0.915. The number of hydrogen-bond acceptors (Lipinski definition) is 7. The van der Waals surface area contributed by atoms with Gasteiger partial charge in [0.15, 0.2) is 11.5 Å². The van der Waals surface area contributed by atoms with E-state index in [0.717, 1.165) is 22.1 Å². The fourth-order valence-electron chi connectivity index (χ4n) is 4.11. The molecule has 1 fully saturated rings. The van der Waals surface area contributed by atoms with Crippen molar-refractivity contribution >= 4 is 21.0 Å². The first-order chi connectivity index (χ1) is 15.7. The van der Waals surface area contributed by atoms with Crippen LogP contribution in [-0.4, -0.2) is 58.0 Å². The summed E-state index contributed by atoms with van der Waals surface area (Å²) in [5.41, 5.74) is 3.28. The maximum atomic E-state index is 13.2. The van der Waals surface area contributed by atoms with E-state index in [9.17, 15) is 13.2 Å². The SMILES string of the molecule is COc1ccc(S(=O)(=O)N2CCN(Cc3cc(=O)oc4cc(C)c(C)cc34)CC2)cc1OC. The van der Waals surface area contributed by atoms with Crippen LogP contribution in [0.25, 0.3) is 11.0 Å². The lowest BCUT2D eigenvalue weighted by atomic mass is 10.0. The molecule has 0 amide bonds. The monoisotopic (exact) mass is 472 g/mol. The number of ether oxygens (including phenoxy) is 2. The van der Waals surface area contributed by atoms with E-state index in [1.165, 1.54) is 36.7 Å². The minimum Gasteiger partial charge on any atom is -0.493 e. The predicted molar refractivity (Wildman–Crippen MR) is 126 cm³/mol. The zero-order chi connectivity index (χ0) is 23.8. The van der Waals surface area contributed by atoms with Crippen LogP contribution in [0.1, 0.15) is 16.7 Å². The van der Waals surface area contributed by atoms with Gasteiger partial charge in [0, 0.05) is 50.2 Å². The highest BCUT2D eigenvalue weighted by Gasteiger charge is 2.29. The van der Waals surface area contributed by atoms with Crippen LogP contribution >= 0.6 is 0 Å². The molecule has 1 aromatic heterocycles. The molecule has 2 aromatic carbocycles. The molecule has 0 radical (unpaired) electrons. The van der Waals surface area contributed by atoms with E-state index >= 15 is 0 Å². The second-order valence-electron chi connectivity index (χ2n) is 8.22. The van der Waals surface area contributed by atoms with Crippen molar-refractivity contribution in [2.24, 2.45) is 0 Å². The van der Waals surface area contributed by atoms with E-state index in [0.29, 0.717) is 49.8 Å². The van der Waals surface area contributed by atoms with Gasteiger partial charge in [-0.05, 0) is 54.8 Å². The average Bonchev–Trinajstić information content (AvgIpc) is 2.80. The molecule has 176 valence electrons. The van der Waals surface area contributed by atoms with Crippen molar-refractivity contribution in [3.05, 3.63) is 63.5 Å². The van der Waals surface area contributed by atoms with E-state index in [-0.39, 0.29) is 10.5 Å². The van der Waals surface area contributed by atoms with E-state index in [4.69, 9.17) is 13.9 Å². The lowest BCUT2D eigenvalue weighted by Gasteiger charge is -2.34. The van der Waals surface area contributed by atoms with Gasteiger partial charge in [0.1, 0.15) is 5.58 Å². The Morgan fingerprint density at radius 3 is 2.24 bits per heavy atom. The number of fused-ring (bicyclic) bond motifs is 1. The molecule has 3 aromatic rings. The normalized spacial score (nSPS) is 15.6. The standard InChI is InChI=1S/C24H28N2O6S/c1-16-11-20-18(13-24(27)32-22(20)12-17(16)2)15-25-7-9-26(10-8-25)33(28,29)19-5-6-21(30-3)23(14-19)31-4/h5-6,11-14H,7-10,15H2,1-4H3. The Morgan fingerprint density at radius 2 is 1.58 bits per heavy atom. The van der Waals surface area contributed by atoms with Crippen LogP contribution in [0.15, 0.2) is 50.5 Å². The van der Waals surface area contributed by atoms with Crippen molar-refractivity contribution in [3.8, 4) is 11.5 Å². The summed E-state index contributed by atoms with van der Waals surface area (Å²) >= 11 is 0. The topological polar surface area (TPSA) is 89.3 Å². The second-order valence-corrected chi connectivity index (χ2v) is 10.2. The Balaban J connectivity index is 1.51. The van der Waals surface area contributed by atoms with Gasteiger partial charge < -0.3 is 13.9 Å². The van der Waals surface area contributed by atoms with Crippen LogP contribution in [0, 0.1) is 13.8 Å². The number of nitrogens with zero attached hydrogens (tertiary/aromatic N) is 2. The molecule has 2 heterocycles. The highest BCUT2D eigenvalue weighted by molar-refractivity contribution is 7.89. The molecular formula is C24H28N2O6S. The fourth-order valence-corrected chi connectivity index (χ4v) is 5.55. The van der Waals surface area contributed by atoms with E-state index in [1.54, 1.807) is 6.07 Å². The van der Waals surface area contributed by atoms with Crippen LogP contribution in [0.5, 0.6) is 11.5 Å². The molecule has 0 bridgehead atoms. The van der Waals surface area contributed by atoms with Crippen LogP contribution in [-0.2, 0) is 16.6 Å². The minimum absolute atomic E-state index is 0.172. The third kappa shape index (κ3) is 4.62. The number of sulfonamides is 1. The molecule has 0 atom stereocenters. The lowest BCUT2D eigenvalue weighted by molar-refractivity contribution is 0.182. The highest BCUT2D eigenvalue weighted by atomic mass is 32.2. The molecule has 8 nitrogen and oxygen atoms in total. The first-order valence-electron chi connectivity index (χ1n) is 10.7. The molecule has 9 heteroatoms. The third-order valence-corrected chi connectivity index (χ3v) is 8.06. The summed E-state index contributed by atoms with van der Waals surface area (Å²) in [6, 6.07) is 10.1. The van der Waals surface area contributed by atoms with E-state index in [1.807, 2.05) is 26.0 Å². The van der Waals surface area contributed by atoms with Gasteiger partial charge in [-0.1, -0.05) is 0 Å². The van der Waals surface area contributed by atoms with Gasteiger partial charge in [-0.25, -0.2) is 13.2 Å². The summed E-state index contributed by atoms with van der Waals surface area (Å²) < 4.78 is 43.7. The van der Waals surface area contributed by atoms with Gasteiger partial charge >= 0.3 is 5.63 Å². The molecule has 1 aliphatic heterocycles. The van der Waals surface area contributed by atoms with Crippen molar-refractivity contribution < 1.29 is 22.3 Å². The highest BCUT2D eigenvalue weighted by Crippen LogP contribution is 2.31. The Kier molecular flexibility index (Phi) is 6.47. The van der Waals surface area contributed by atoms with Gasteiger partial charge in [-0.3, -0.25) is 4.90 Å². The molecule has 0 N–H and O–H groups in total. The third-order valence-electron chi connectivity index (χ3n) is 6.16. The van der Waals surface area contributed by atoms with E-state index in [2.05, 4.69) is 4.90 Å². The van der Waals surface area contributed by atoms with Gasteiger partial charge in [0.25, 0.3) is 0 Å². The van der Waals surface area contributed by atoms with Crippen LogP contribution in [0.2, 0.25) is 0 Å². The lowest BCUT2D eigenvalue weighted by Crippen LogP contribution is -2.48. The Labute approximate surface area is 193 Å². The average molecular weight is 473 g/mol. The first kappa shape index (κ1) is 23.3. The molecule has 1 saturated heterocycles. The second kappa shape index (κ2) is 9.17. The Bertz CT molecular complexity index is 1340. The number of piperazine rings is 1. The molecule has 33 heavy (non-hydrogen) atoms. The zero-order valence-electron chi connectivity index (χ0n) is 19.3. The molecular weight excluding hydrogens is 444 g/mol. The maximum Gasteiger partial charge on any atom is 0.336 e. The molecule has 1 aliphatic rings. The summed E-state index contributed by atoms with van der Waals surface area (Å²) in [6.45, 7) is 6.39. The van der Waals surface area contributed by atoms with Gasteiger partial charge in [-0.15, -0.1) is 0 Å².